The molecule has 1 fully saturated rings. The van der Waals surface area contributed by atoms with Gasteiger partial charge in [0.1, 0.15) is 10.7 Å². The highest BCUT2D eigenvalue weighted by molar-refractivity contribution is 7.15. The smallest absolute Gasteiger partial charge is 0.389 e. The summed E-state index contributed by atoms with van der Waals surface area (Å²) in [5.74, 6) is -0.619. The lowest BCUT2D eigenvalue weighted by molar-refractivity contribution is -0.376. The number of amides is 1. The van der Waals surface area contributed by atoms with E-state index in [1.54, 1.807) is 6.92 Å². The van der Waals surface area contributed by atoms with Crippen LogP contribution < -0.4 is 5.32 Å². The van der Waals surface area contributed by atoms with Crippen molar-refractivity contribution in [1.82, 2.24) is 15.2 Å². The molecule has 39 heavy (non-hydrogen) atoms. The van der Waals surface area contributed by atoms with Crippen molar-refractivity contribution in [2.45, 2.75) is 76.2 Å². The topological polar surface area (TPSA) is 85.7 Å². The number of aromatic nitrogens is 1. The number of hydrogen-bond donors (Lipinski definition) is 3. The molecule has 0 bridgehead atoms. The van der Waals surface area contributed by atoms with Crippen LogP contribution in [0.1, 0.15) is 66.7 Å². The number of alkyl halides is 8. The number of nitrogens with zero attached hydrogens (tertiary/aromatic N) is 2. The van der Waals surface area contributed by atoms with Crippen LogP contribution in [0.3, 0.4) is 0 Å². The molecule has 0 unspecified atom stereocenters. The van der Waals surface area contributed by atoms with Gasteiger partial charge in [-0.15, -0.1) is 11.3 Å². The summed E-state index contributed by atoms with van der Waals surface area (Å²) in [7, 11) is 0. The van der Waals surface area contributed by atoms with Crippen molar-refractivity contribution in [1.29, 1.82) is 0 Å². The number of likely N-dealkylation sites (tertiary alicyclic amines) is 1. The van der Waals surface area contributed by atoms with Gasteiger partial charge in [-0.05, 0) is 39.7 Å². The van der Waals surface area contributed by atoms with E-state index in [9.17, 15) is 50.1 Å². The Bertz CT molecular complexity index is 1180. The normalized spacial score (nSPS) is 17.4. The first-order chi connectivity index (χ1) is 17.8. The Labute approximate surface area is 222 Å². The Morgan fingerprint density at radius 3 is 2.26 bits per heavy atom. The van der Waals surface area contributed by atoms with Crippen molar-refractivity contribution >= 4 is 17.2 Å². The van der Waals surface area contributed by atoms with Gasteiger partial charge in [0, 0.05) is 42.4 Å². The number of thiazole rings is 1. The summed E-state index contributed by atoms with van der Waals surface area (Å²) < 4.78 is 109. The molecule has 1 aliphatic rings. The van der Waals surface area contributed by atoms with Crippen molar-refractivity contribution in [3.05, 3.63) is 40.0 Å². The van der Waals surface area contributed by atoms with Crippen molar-refractivity contribution in [3.63, 3.8) is 0 Å². The van der Waals surface area contributed by atoms with E-state index in [0.29, 0.717) is 25.5 Å². The van der Waals surface area contributed by atoms with Gasteiger partial charge in [-0.25, -0.2) is 13.8 Å². The molecule has 0 aliphatic carbocycles. The van der Waals surface area contributed by atoms with Crippen molar-refractivity contribution in [2.24, 2.45) is 0 Å². The van der Waals surface area contributed by atoms with Gasteiger partial charge in [0.05, 0.1) is 10.5 Å². The predicted molar refractivity (Wildman–Crippen MR) is 126 cm³/mol. The molecular weight excluding hydrogens is 562 g/mol. The number of aliphatic hydroxyl groups is 2. The fourth-order valence-electron chi connectivity index (χ4n) is 4.28. The largest absolute Gasteiger partial charge is 0.430 e. The van der Waals surface area contributed by atoms with Gasteiger partial charge < -0.3 is 20.4 Å². The third kappa shape index (κ3) is 6.36. The van der Waals surface area contributed by atoms with Crippen molar-refractivity contribution < 1.29 is 50.1 Å². The quantitative estimate of drug-likeness (QED) is 0.352. The first-order valence-electron chi connectivity index (χ1n) is 11.8. The van der Waals surface area contributed by atoms with Gasteiger partial charge in [-0.3, -0.25) is 4.79 Å². The van der Waals surface area contributed by atoms with Crippen LogP contribution in [-0.4, -0.2) is 63.1 Å². The molecule has 1 aromatic carbocycles. The summed E-state index contributed by atoms with van der Waals surface area (Å²) in [6, 6.07) is 0.625. The average Bonchev–Trinajstić information content (AvgIpc) is 3.41. The van der Waals surface area contributed by atoms with Crippen LogP contribution in [0.25, 0.3) is 10.4 Å². The predicted octanol–water partition coefficient (Wildman–Crippen LogP) is 5.54. The number of carbonyl (C=O) groups is 1. The lowest BCUT2D eigenvalue weighted by Gasteiger charge is -2.33. The zero-order valence-corrected chi connectivity index (χ0v) is 21.9. The molecule has 2 aromatic rings. The molecule has 3 rings (SSSR count). The van der Waals surface area contributed by atoms with E-state index in [1.165, 1.54) is 18.7 Å². The Kier molecular flexibility index (Phi) is 8.71. The number of rotatable bonds is 8. The standard InChI is InChI=1S/C24H27F8N3O3S/c1-12-5-4-8-35(12)20(36)17-18(39-16(34-17)10-33-11-21(2,3)37)14-7-6-13(9-15(14)19(25)26)22(38,23(27,28)29)24(30,31)32/h6-7,9,12,19,33,37-38H,4-5,8,10-11H2,1-3H3/t12-/m0/s1. The fraction of sp³-hybridized carbons (Fsp3) is 0.583. The summed E-state index contributed by atoms with van der Waals surface area (Å²) in [4.78, 5) is 18.9. The summed E-state index contributed by atoms with van der Waals surface area (Å²) in [5.41, 5.74) is -10.3. The second kappa shape index (κ2) is 10.9. The molecule has 0 radical (unpaired) electrons. The van der Waals surface area contributed by atoms with E-state index in [1.807, 2.05) is 0 Å². The molecule has 15 heteroatoms. The van der Waals surface area contributed by atoms with Gasteiger partial charge in [0.25, 0.3) is 17.9 Å². The number of halogens is 8. The molecule has 0 spiro atoms. The number of hydrogen-bond acceptors (Lipinski definition) is 6. The molecule has 0 saturated carbocycles. The molecule has 3 N–H and O–H groups in total. The maximum Gasteiger partial charge on any atom is 0.430 e. The third-order valence-corrected chi connectivity index (χ3v) is 7.38. The lowest BCUT2D eigenvalue weighted by Crippen LogP contribution is -2.54. The Hall–Kier alpha value is -2.36. The van der Waals surface area contributed by atoms with E-state index in [-0.39, 0.29) is 46.8 Å². The molecule has 1 amide bonds. The van der Waals surface area contributed by atoms with Gasteiger partial charge in [-0.1, -0.05) is 12.1 Å². The maximum atomic E-state index is 14.1. The minimum atomic E-state index is -6.26. The highest BCUT2D eigenvalue weighted by Gasteiger charge is 2.71. The molecule has 1 aliphatic heterocycles. The minimum Gasteiger partial charge on any atom is -0.389 e. The Morgan fingerprint density at radius 2 is 1.77 bits per heavy atom. The van der Waals surface area contributed by atoms with E-state index in [4.69, 9.17) is 0 Å². The van der Waals surface area contributed by atoms with E-state index in [2.05, 4.69) is 10.3 Å². The number of benzene rings is 1. The first-order valence-corrected chi connectivity index (χ1v) is 12.6. The summed E-state index contributed by atoms with van der Waals surface area (Å²) in [5, 5.41) is 22.7. The second-order valence-corrected chi connectivity index (χ2v) is 11.1. The van der Waals surface area contributed by atoms with Crippen LogP contribution in [0.4, 0.5) is 35.1 Å². The molecule has 6 nitrogen and oxygen atoms in total. The Balaban J connectivity index is 2.17. The van der Waals surface area contributed by atoms with Crippen LogP contribution in [0, 0.1) is 0 Å². The molecule has 1 atom stereocenters. The summed E-state index contributed by atoms with van der Waals surface area (Å²) >= 11 is 0.765. The molecular formula is C24H27F8N3O3S. The van der Waals surface area contributed by atoms with Gasteiger partial charge in [-0.2, -0.15) is 26.3 Å². The maximum absolute atomic E-state index is 14.1. The van der Waals surface area contributed by atoms with Gasteiger partial charge >= 0.3 is 12.4 Å². The van der Waals surface area contributed by atoms with Crippen LogP contribution in [-0.2, 0) is 12.1 Å². The SMILES string of the molecule is C[C@H]1CCCN1C(=O)c1nc(CNCC(C)(C)O)sc1-c1ccc(C(O)(C(F)(F)F)C(F)(F)F)cc1C(F)F. The zero-order valence-electron chi connectivity index (χ0n) is 21.1. The summed E-state index contributed by atoms with van der Waals surface area (Å²) in [6.45, 7) is 5.27. The van der Waals surface area contributed by atoms with Crippen LogP contribution >= 0.6 is 11.3 Å². The van der Waals surface area contributed by atoms with E-state index >= 15 is 0 Å². The van der Waals surface area contributed by atoms with Crippen LogP contribution in [0.2, 0.25) is 0 Å². The van der Waals surface area contributed by atoms with E-state index < -0.39 is 52.6 Å². The minimum absolute atomic E-state index is 0.00547. The summed E-state index contributed by atoms with van der Waals surface area (Å²) in [6.07, 6.45) is -14.7. The second-order valence-electron chi connectivity index (χ2n) is 10.00. The fourth-order valence-corrected chi connectivity index (χ4v) is 5.35. The zero-order chi connectivity index (χ0) is 29.6. The van der Waals surface area contributed by atoms with Crippen LogP contribution in [0.5, 0.6) is 0 Å². The average molecular weight is 590 g/mol. The monoisotopic (exact) mass is 589 g/mol. The third-order valence-electron chi connectivity index (χ3n) is 6.29. The Morgan fingerprint density at radius 1 is 1.15 bits per heavy atom. The highest BCUT2D eigenvalue weighted by Crippen LogP contribution is 2.51. The van der Waals surface area contributed by atoms with E-state index in [0.717, 1.165) is 11.3 Å². The first kappa shape index (κ1) is 31.2. The molecule has 2 heterocycles. The highest BCUT2D eigenvalue weighted by atomic mass is 32.1. The molecule has 218 valence electrons. The number of carbonyl (C=O) groups excluding carboxylic acids is 1. The van der Waals surface area contributed by atoms with Gasteiger partial charge in [0.2, 0.25) is 0 Å². The van der Waals surface area contributed by atoms with Gasteiger partial charge in [0.15, 0.2) is 0 Å². The van der Waals surface area contributed by atoms with Crippen molar-refractivity contribution in [2.75, 3.05) is 13.1 Å². The lowest BCUT2D eigenvalue weighted by atomic mass is 9.89. The van der Waals surface area contributed by atoms with Crippen molar-refractivity contribution in [3.8, 4) is 10.4 Å². The van der Waals surface area contributed by atoms with Crippen LogP contribution in [0.15, 0.2) is 18.2 Å². The molecule has 1 saturated heterocycles. The molecule has 1 aromatic heterocycles. The number of nitrogens with one attached hydrogen (secondary N) is 1.